The summed E-state index contributed by atoms with van der Waals surface area (Å²) >= 11 is 2.02. The SMILES string of the molecule is O=C(O)Cn1cnc(I)c1. The van der Waals surface area contributed by atoms with E-state index in [9.17, 15) is 4.79 Å². The molecule has 1 heterocycles. The van der Waals surface area contributed by atoms with Crippen LogP contribution in [0.25, 0.3) is 0 Å². The number of aromatic nitrogens is 2. The summed E-state index contributed by atoms with van der Waals surface area (Å²) in [4.78, 5) is 14.0. The molecule has 0 aromatic carbocycles. The number of halogens is 1. The Hall–Kier alpha value is -0.590. The van der Waals surface area contributed by atoms with Crippen molar-refractivity contribution in [2.24, 2.45) is 0 Å². The minimum Gasteiger partial charge on any atom is -0.480 e. The van der Waals surface area contributed by atoms with Crippen LogP contribution in [0.1, 0.15) is 0 Å². The van der Waals surface area contributed by atoms with Crippen LogP contribution < -0.4 is 0 Å². The van der Waals surface area contributed by atoms with Crippen molar-refractivity contribution in [2.75, 3.05) is 0 Å². The standard InChI is InChI=1S/C5H5IN2O2/c6-4-1-8(3-7-4)2-5(9)10/h1,3H,2H2,(H,9,10). The molecule has 54 valence electrons. The lowest BCUT2D eigenvalue weighted by molar-refractivity contribution is -0.137. The highest BCUT2D eigenvalue weighted by Crippen LogP contribution is 1.98. The molecule has 10 heavy (non-hydrogen) atoms. The summed E-state index contributed by atoms with van der Waals surface area (Å²) in [6.07, 6.45) is 3.17. The van der Waals surface area contributed by atoms with Crippen LogP contribution in [0.15, 0.2) is 12.5 Å². The predicted molar refractivity (Wildman–Crippen MR) is 42.6 cm³/mol. The third kappa shape index (κ3) is 1.98. The molecule has 0 saturated carbocycles. The Labute approximate surface area is 71.0 Å². The number of nitrogens with zero attached hydrogens (tertiary/aromatic N) is 2. The van der Waals surface area contributed by atoms with Crippen LogP contribution >= 0.6 is 22.6 Å². The number of carboxylic acids is 1. The number of imidazole rings is 1. The minimum atomic E-state index is -0.853. The molecule has 5 heteroatoms. The molecule has 0 bridgehead atoms. The Kier molecular flexibility index (Phi) is 2.25. The van der Waals surface area contributed by atoms with Gasteiger partial charge >= 0.3 is 5.97 Å². The van der Waals surface area contributed by atoms with Crippen molar-refractivity contribution in [3.63, 3.8) is 0 Å². The van der Waals surface area contributed by atoms with Crippen LogP contribution in [0.5, 0.6) is 0 Å². The molecular weight excluding hydrogens is 247 g/mol. The maximum atomic E-state index is 10.1. The number of aliphatic carboxylic acids is 1. The highest BCUT2D eigenvalue weighted by Gasteiger charge is 1.98. The molecule has 0 atom stereocenters. The van der Waals surface area contributed by atoms with Crippen molar-refractivity contribution in [3.8, 4) is 0 Å². The zero-order chi connectivity index (χ0) is 7.56. The van der Waals surface area contributed by atoms with E-state index in [0.29, 0.717) is 0 Å². The first-order chi connectivity index (χ1) is 4.68. The van der Waals surface area contributed by atoms with Gasteiger partial charge in [-0.2, -0.15) is 0 Å². The van der Waals surface area contributed by atoms with Crippen LogP contribution in [0.4, 0.5) is 0 Å². The second kappa shape index (κ2) is 3.00. The molecule has 1 rings (SSSR count). The lowest BCUT2D eigenvalue weighted by Gasteiger charge is -1.92. The Balaban J connectivity index is 2.67. The summed E-state index contributed by atoms with van der Waals surface area (Å²) in [6, 6.07) is 0. The van der Waals surface area contributed by atoms with Crippen molar-refractivity contribution in [3.05, 3.63) is 16.2 Å². The van der Waals surface area contributed by atoms with E-state index in [0.717, 1.165) is 3.70 Å². The third-order valence-electron chi connectivity index (χ3n) is 0.920. The normalized spacial score (nSPS) is 9.70. The first kappa shape index (κ1) is 7.52. The lowest BCUT2D eigenvalue weighted by atomic mass is 10.6. The first-order valence-electron chi connectivity index (χ1n) is 2.57. The molecule has 0 aliphatic carbocycles. The van der Waals surface area contributed by atoms with Crippen molar-refractivity contribution >= 4 is 28.6 Å². The molecule has 1 aromatic heterocycles. The Bertz CT molecular complexity index is 246. The topological polar surface area (TPSA) is 55.1 Å². The van der Waals surface area contributed by atoms with Gasteiger partial charge in [-0.1, -0.05) is 0 Å². The number of carboxylic acid groups (broad SMARTS) is 1. The van der Waals surface area contributed by atoms with Crippen LogP contribution in [0, 0.1) is 3.70 Å². The van der Waals surface area contributed by atoms with E-state index in [1.807, 2.05) is 22.6 Å². The molecule has 0 unspecified atom stereocenters. The van der Waals surface area contributed by atoms with Gasteiger partial charge in [0.1, 0.15) is 10.2 Å². The van der Waals surface area contributed by atoms with E-state index >= 15 is 0 Å². The van der Waals surface area contributed by atoms with Gasteiger partial charge < -0.3 is 9.67 Å². The maximum Gasteiger partial charge on any atom is 0.323 e. The molecule has 0 radical (unpaired) electrons. The van der Waals surface area contributed by atoms with Gasteiger partial charge in [0.15, 0.2) is 0 Å². The van der Waals surface area contributed by atoms with E-state index in [4.69, 9.17) is 5.11 Å². The van der Waals surface area contributed by atoms with Gasteiger partial charge in [-0.15, -0.1) is 0 Å². The monoisotopic (exact) mass is 252 g/mol. The number of carbonyl (C=O) groups is 1. The summed E-state index contributed by atoms with van der Waals surface area (Å²) < 4.78 is 2.32. The van der Waals surface area contributed by atoms with Gasteiger partial charge in [0.2, 0.25) is 0 Å². The maximum absolute atomic E-state index is 10.1. The van der Waals surface area contributed by atoms with Gasteiger partial charge in [-0.3, -0.25) is 4.79 Å². The highest BCUT2D eigenvalue weighted by molar-refractivity contribution is 14.1. The van der Waals surface area contributed by atoms with Gasteiger partial charge in [-0.25, -0.2) is 4.98 Å². The molecular formula is C5H5IN2O2. The molecule has 0 aliphatic rings. The van der Waals surface area contributed by atoms with Gasteiger partial charge in [0.25, 0.3) is 0 Å². The predicted octanol–water partition coefficient (Wildman–Crippen LogP) is 0.572. The van der Waals surface area contributed by atoms with Crippen molar-refractivity contribution in [1.29, 1.82) is 0 Å². The minimum absolute atomic E-state index is 0.0179. The Morgan fingerprint density at radius 2 is 2.60 bits per heavy atom. The molecule has 0 saturated heterocycles. The summed E-state index contributed by atoms with van der Waals surface area (Å²) in [5, 5.41) is 8.33. The molecule has 0 fully saturated rings. The summed E-state index contributed by atoms with van der Waals surface area (Å²) in [6.45, 7) is -0.0179. The summed E-state index contributed by atoms with van der Waals surface area (Å²) in [5.41, 5.74) is 0. The molecule has 0 amide bonds. The van der Waals surface area contributed by atoms with Crippen molar-refractivity contribution in [2.45, 2.75) is 6.54 Å². The fraction of sp³-hybridized carbons (Fsp3) is 0.200. The van der Waals surface area contributed by atoms with Gasteiger partial charge in [-0.05, 0) is 22.6 Å². The van der Waals surface area contributed by atoms with Crippen LogP contribution in [0.3, 0.4) is 0 Å². The van der Waals surface area contributed by atoms with Crippen molar-refractivity contribution < 1.29 is 9.90 Å². The zero-order valence-electron chi connectivity index (χ0n) is 4.99. The number of hydrogen-bond donors (Lipinski definition) is 1. The second-order valence-corrected chi connectivity index (χ2v) is 2.87. The second-order valence-electron chi connectivity index (χ2n) is 1.76. The van der Waals surface area contributed by atoms with E-state index in [2.05, 4.69) is 4.98 Å². The van der Waals surface area contributed by atoms with E-state index in [-0.39, 0.29) is 6.54 Å². The molecule has 4 nitrogen and oxygen atoms in total. The zero-order valence-corrected chi connectivity index (χ0v) is 7.15. The van der Waals surface area contributed by atoms with Crippen LogP contribution in [-0.4, -0.2) is 20.6 Å². The molecule has 1 aromatic rings. The van der Waals surface area contributed by atoms with E-state index < -0.39 is 5.97 Å². The van der Waals surface area contributed by atoms with Gasteiger partial charge in [0, 0.05) is 6.20 Å². The summed E-state index contributed by atoms with van der Waals surface area (Å²) in [7, 11) is 0. The largest absolute Gasteiger partial charge is 0.480 e. The average Bonchev–Trinajstić information content (AvgIpc) is 2.13. The van der Waals surface area contributed by atoms with Gasteiger partial charge in [0.05, 0.1) is 6.33 Å². The average molecular weight is 252 g/mol. The quantitative estimate of drug-likeness (QED) is 0.783. The van der Waals surface area contributed by atoms with E-state index in [1.54, 1.807) is 6.20 Å². The number of rotatable bonds is 2. The van der Waals surface area contributed by atoms with Crippen LogP contribution in [-0.2, 0) is 11.3 Å². The molecule has 0 spiro atoms. The molecule has 0 aliphatic heterocycles. The van der Waals surface area contributed by atoms with Crippen LogP contribution in [0.2, 0.25) is 0 Å². The Morgan fingerprint density at radius 1 is 1.90 bits per heavy atom. The van der Waals surface area contributed by atoms with Crippen molar-refractivity contribution in [1.82, 2.24) is 9.55 Å². The lowest BCUT2D eigenvalue weighted by Crippen LogP contribution is -2.06. The number of hydrogen-bond acceptors (Lipinski definition) is 2. The fourth-order valence-electron chi connectivity index (χ4n) is 0.575. The molecule has 1 N–H and O–H groups in total. The Morgan fingerprint density at radius 3 is 3.00 bits per heavy atom. The highest BCUT2D eigenvalue weighted by atomic mass is 127. The fourth-order valence-corrected chi connectivity index (χ4v) is 1.06. The first-order valence-corrected chi connectivity index (χ1v) is 3.65. The van der Waals surface area contributed by atoms with E-state index in [1.165, 1.54) is 10.9 Å². The third-order valence-corrected chi connectivity index (χ3v) is 1.48. The smallest absolute Gasteiger partial charge is 0.323 e. The summed E-state index contributed by atoms with van der Waals surface area (Å²) in [5.74, 6) is -0.853.